The summed E-state index contributed by atoms with van der Waals surface area (Å²) in [5.74, 6) is -0.744. The van der Waals surface area contributed by atoms with Crippen LogP contribution in [0.25, 0.3) is 0 Å². The van der Waals surface area contributed by atoms with Gasteiger partial charge in [-0.3, -0.25) is 9.59 Å². The van der Waals surface area contributed by atoms with Crippen molar-refractivity contribution in [3.05, 3.63) is 35.4 Å². The van der Waals surface area contributed by atoms with Crippen LogP contribution >= 0.6 is 0 Å². The SMILES string of the molecule is CC(C(=O)O)c1ccc(CC2CCCC2=O)cc1.O.[H-].[Na+]. The van der Waals surface area contributed by atoms with E-state index >= 15 is 0 Å². The van der Waals surface area contributed by atoms with Gasteiger partial charge in [0.25, 0.3) is 0 Å². The van der Waals surface area contributed by atoms with Crippen molar-refractivity contribution in [1.82, 2.24) is 0 Å². The van der Waals surface area contributed by atoms with Crippen LogP contribution in [0.1, 0.15) is 44.7 Å². The first-order chi connectivity index (χ1) is 8.58. The summed E-state index contributed by atoms with van der Waals surface area (Å²) in [6.45, 7) is 1.68. The Bertz CT molecular complexity index is 461. The molecule has 20 heavy (non-hydrogen) atoms. The second-order valence-electron chi connectivity index (χ2n) is 5.06. The fraction of sp³-hybridized carbons (Fsp3) is 0.467. The van der Waals surface area contributed by atoms with Crippen LogP contribution in [0.3, 0.4) is 0 Å². The minimum Gasteiger partial charge on any atom is -1.00 e. The van der Waals surface area contributed by atoms with Crippen LogP contribution in [0.5, 0.6) is 0 Å². The molecule has 1 aromatic rings. The number of rotatable bonds is 4. The number of hydrogen-bond acceptors (Lipinski definition) is 2. The topological polar surface area (TPSA) is 85.9 Å². The summed E-state index contributed by atoms with van der Waals surface area (Å²) in [5.41, 5.74) is 1.93. The summed E-state index contributed by atoms with van der Waals surface area (Å²) in [5, 5.41) is 8.92. The van der Waals surface area contributed by atoms with Crippen LogP contribution in [-0.2, 0) is 16.0 Å². The second kappa shape index (κ2) is 8.57. The van der Waals surface area contributed by atoms with Crippen LogP contribution in [-0.4, -0.2) is 22.3 Å². The molecule has 1 aromatic carbocycles. The fourth-order valence-corrected chi connectivity index (χ4v) is 2.47. The number of Topliss-reactive ketones (excluding diaryl/α,β-unsaturated/α-hetero) is 1. The minimum atomic E-state index is -0.811. The summed E-state index contributed by atoms with van der Waals surface area (Å²) in [4.78, 5) is 22.4. The largest absolute Gasteiger partial charge is 1.00 e. The zero-order chi connectivity index (χ0) is 13.1. The first-order valence-electron chi connectivity index (χ1n) is 6.42. The van der Waals surface area contributed by atoms with Gasteiger partial charge < -0.3 is 12.0 Å². The van der Waals surface area contributed by atoms with Crippen LogP contribution in [0.2, 0.25) is 0 Å². The molecule has 0 amide bonds. The average Bonchev–Trinajstić information content (AvgIpc) is 2.75. The van der Waals surface area contributed by atoms with Crippen LogP contribution < -0.4 is 29.6 Å². The summed E-state index contributed by atoms with van der Waals surface area (Å²) in [6, 6.07) is 7.60. The Morgan fingerprint density at radius 2 is 2.00 bits per heavy atom. The van der Waals surface area contributed by atoms with Gasteiger partial charge in [0.2, 0.25) is 0 Å². The van der Waals surface area contributed by atoms with Gasteiger partial charge in [-0.2, -0.15) is 0 Å². The molecule has 4 nitrogen and oxygen atoms in total. The zero-order valence-electron chi connectivity index (χ0n) is 13.1. The molecule has 0 aromatic heterocycles. The van der Waals surface area contributed by atoms with Crippen molar-refractivity contribution in [2.24, 2.45) is 5.92 Å². The van der Waals surface area contributed by atoms with Crippen LogP contribution in [0.4, 0.5) is 0 Å². The molecule has 1 aliphatic carbocycles. The Labute approximate surface area is 142 Å². The predicted molar refractivity (Wildman–Crippen MR) is 73.3 cm³/mol. The Hall–Kier alpha value is -0.680. The van der Waals surface area contributed by atoms with E-state index < -0.39 is 11.9 Å². The standard InChI is InChI=1S/C15H18O3.Na.H2O.H/c1-10(15(17)18)12-7-5-11(6-8-12)9-13-3-2-4-14(13)16;;;/h5-8,10,13H,2-4,9H2,1H3,(H,17,18);;1H2;/q;+1;;-1. The van der Waals surface area contributed by atoms with Gasteiger partial charge >= 0.3 is 35.5 Å². The molecule has 0 saturated heterocycles. The van der Waals surface area contributed by atoms with Crippen molar-refractivity contribution in [2.75, 3.05) is 0 Å². The van der Waals surface area contributed by atoms with Gasteiger partial charge in [0.15, 0.2) is 0 Å². The molecular weight excluding hydrogens is 267 g/mol. The molecule has 1 fully saturated rings. The van der Waals surface area contributed by atoms with Gasteiger partial charge in [-0.15, -0.1) is 0 Å². The maximum atomic E-state index is 11.6. The van der Waals surface area contributed by atoms with Crippen molar-refractivity contribution in [3.8, 4) is 0 Å². The molecule has 2 rings (SSSR count). The Balaban J connectivity index is 0. The van der Waals surface area contributed by atoms with E-state index in [4.69, 9.17) is 5.11 Å². The molecule has 0 bridgehead atoms. The number of aliphatic carboxylic acids is 1. The molecule has 1 aliphatic rings. The molecule has 0 heterocycles. The van der Waals surface area contributed by atoms with E-state index in [1.165, 1.54) is 0 Å². The maximum Gasteiger partial charge on any atom is 1.00 e. The Morgan fingerprint density at radius 3 is 2.45 bits per heavy atom. The first kappa shape index (κ1) is 19.3. The van der Waals surface area contributed by atoms with Crippen molar-refractivity contribution in [3.63, 3.8) is 0 Å². The summed E-state index contributed by atoms with van der Waals surface area (Å²) in [7, 11) is 0. The molecule has 0 spiro atoms. The molecule has 0 radical (unpaired) electrons. The van der Waals surface area contributed by atoms with Gasteiger partial charge in [-0.25, -0.2) is 0 Å². The van der Waals surface area contributed by atoms with Gasteiger partial charge in [0.05, 0.1) is 5.92 Å². The quantitative estimate of drug-likeness (QED) is 0.727. The van der Waals surface area contributed by atoms with Crippen molar-refractivity contribution >= 4 is 11.8 Å². The van der Waals surface area contributed by atoms with E-state index in [1.807, 2.05) is 24.3 Å². The maximum absolute atomic E-state index is 11.6. The normalized spacial score (nSPS) is 18.9. The third-order valence-electron chi connectivity index (χ3n) is 3.76. The third kappa shape index (κ3) is 4.70. The number of benzene rings is 1. The van der Waals surface area contributed by atoms with Crippen molar-refractivity contribution in [1.29, 1.82) is 0 Å². The summed E-state index contributed by atoms with van der Waals surface area (Å²) >= 11 is 0. The third-order valence-corrected chi connectivity index (χ3v) is 3.76. The number of carboxylic acid groups (broad SMARTS) is 1. The van der Waals surface area contributed by atoms with E-state index in [2.05, 4.69) is 0 Å². The van der Waals surface area contributed by atoms with Gasteiger partial charge in [0.1, 0.15) is 5.78 Å². The second-order valence-corrected chi connectivity index (χ2v) is 5.06. The molecule has 106 valence electrons. The molecule has 3 N–H and O–H groups in total. The number of hydrogen-bond donors (Lipinski definition) is 1. The minimum absolute atomic E-state index is 0. The van der Waals surface area contributed by atoms with E-state index in [9.17, 15) is 9.59 Å². The smallest absolute Gasteiger partial charge is 1.00 e. The van der Waals surface area contributed by atoms with Crippen molar-refractivity contribution in [2.45, 2.75) is 38.5 Å². The Morgan fingerprint density at radius 1 is 1.40 bits per heavy atom. The van der Waals surface area contributed by atoms with Gasteiger partial charge in [-0.1, -0.05) is 24.3 Å². The summed E-state index contributed by atoms with van der Waals surface area (Å²) < 4.78 is 0. The predicted octanol–water partition coefficient (Wildman–Crippen LogP) is -0.922. The number of ketones is 1. The number of carboxylic acids is 1. The molecule has 2 atom stereocenters. The van der Waals surface area contributed by atoms with Crippen LogP contribution in [0, 0.1) is 5.92 Å². The van der Waals surface area contributed by atoms with E-state index in [0.29, 0.717) is 5.78 Å². The average molecular weight is 288 g/mol. The van der Waals surface area contributed by atoms with Crippen LogP contribution in [0.15, 0.2) is 24.3 Å². The number of carbonyl (C=O) groups is 2. The molecular formula is C15H21NaO4. The fourth-order valence-electron chi connectivity index (χ4n) is 2.47. The van der Waals surface area contributed by atoms with Gasteiger partial charge in [0, 0.05) is 12.3 Å². The zero-order valence-corrected chi connectivity index (χ0v) is 14.1. The first-order valence-corrected chi connectivity index (χ1v) is 6.42. The Kier molecular flexibility index (Phi) is 8.28. The van der Waals surface area contributed by atoms with E-state index in [0.717, 1.165) is 36.8 Å². The van der Waals surface area contributed by atoms with E-state index in [1.54, 1.807) is 6.92 Å². The number of carbonyl (C=O) groups excluding carboxylic acids is 1. The van der Waals surface area contributed by atoms with Crippen molar-refractivity contribution < 1.29 is 51.2 Å². The summed E-state index contributed by atoms with van der Waals surface area (Å²) in [6.07, 6.45) is 3.52. The molecule has 0 aliphatic heterocycles. The molecule has 2 unspecified atom stereocenters. The van der Waals surface area contributed by atoms with Gasteiger partial charge in [-0.05, 0) is 37.3 Å². The monoisotopic (exact) mass is 288 g/mol. The molecule has 5 heteroatoms. The molecule has 1 saturated carbocycles. The van der Waals surface area contributed by atoms with E-state index in [-0.39, 0.29) is 42.4 Å².